The molecule has 0 spiro atoms. The van der Waals surface area contributed by atoms with Gasteiger partial charge in [-0.2, -0.15) is 0 Å². The molecule has 1 fully saturated rings. The van der Waals surface area contributed by atoms with Gasteiger partial charge in [-0.05, 0) is 77.0 Å². The summed E-state index contributed by atoms with van der Waals surface area (Å²) in [7, 11) is -5.20. The first-order chi connectivity index (χ1) is 29.2. The molecule has 0 amide bonds. The summed E-state index contributed by atoms with van der Waals surface area (Å²) in [6.07, 6.45) is 18.9. The molecule has 5 unspecified atom stereocenters. The molecular formula is C45H79O15P. The number of hydrogen-bond acceptors (Lipinski definition) is 14. The Morgan fingerprint density at radius 1 is 0.574 bits per heavy atom. The van der Waals surface area contributed by atoms with Crippen molar-refractivity contribution in [2.24, 2.45) is 0 Å². The number of carbonyl (C=O) groups is 2. The average Bonchev–Trinajstić information content (AvgIpc) is 3.23. The van der Waals surface area contributed by atoms with Crippen molar-refractivity contribution in [2.45, 2.75) is 210 Å². The average molecular weight is 891 g/mol. The minimum absolute atomic E-state index is 0.0682. The molecule has 0 aromatic carbocycles. The predicted octanol–water partition coefficient (Wildman–Crippen LogP) is 6.33. The molecule has 10 atom stereocenters. The van der Waals surface area contributed by atoms with Gasteiger partial charge in [0, 0.05) is 12.8 Å². The monoisotopic (exact) mass is 891 g/mol. The van der Waals surface area contributed by atoms with Crippen LogP contribution in [0.5, 0.6) is 0 Å². The SMILES string of the molecule is CCCCC/C=C\C/C=C\C/C=C\CC(O)C(O)CCCC(=O)O[C@H](COC(=O)CCCCCCC/C=C\CCCCCC)COP(=O)(O)OC1[C@H](O)[C@H](O)C(O)[C@H](O)[C@H]1O. The Bertz CT molecular complexity index is 1290. The van der Waals surface area contributed by atoms with Gasteiger partial charge in [0.05, 0.1) is 18.8 Å². The molecule has 0 radical (unpaired) electrons. The van der Waals surface area contributed by atoms with Crippen LogP contribution in [0.4, 0.5) is 0 Å². The third-order valence-electron chi connectivity index (χ3n) is 10.3. The first-order valence-electron chi connectivity index (χ1n) is 22.6. The topological polar surface area (TPSA) is 250 Å². The maximum atomic E-state index is 12.8. The molecule has 15 nitrogen and oxygen atoms in total. The lowest BCUT2D eigenvalue weighted by molar-refractivity contribution is -0.220. The van der Waals surface area contributed by atoms with Crippen molar-refractivity contribution in [1.29, 1.82) is 0 Å². The summed E-state index contributed by atoms with van der Waals surface area (Å²) < 4.78 is 33.3. The van der Waals surface area contributed by atoms with Crippen molar-refractivity contribution in [3.63, 3.8) is 0 Å². The highest BCUT2D eigenvalue weighted by atomic mass is 31.2. The number of carbonyl (C=O) groups excluding carboxylic acids is 2. The number of aliphatic hydroxyl groups is 7. The van der Waals surface area contributed by atoms with E-state index >= 15 is 0 Å². The van der Waals surface area contributed by atoms with Crippen molar-refractivity contribution >= 4 is 19.8 Å². The van der Waals surface area contributed by atoms with Crippen molar-refractivity contribution in [3.05, 3.63) is 48.6 Å². The predicted molar refractivity (Wildman–Crippen MR) is 233 cm³/mol. The van der Waals surface area contributed by atoms with Crippen LogP contribution in [0.15, 0.2) is 48.6 Å². The highest BCUT2D eigenvalue weighted by Crippen LogP contribution is 2.47. The van der Waals surface area contributed by atoms with E-state index in [2.05, 4.69) is 44.2 Å². The van der Waals surface area contributed by atoms with E-state index in [0.29, 0.717) is 12.8 Å². The molecule has 1 aliphatic carbocycles. The Morgan fingerprint density at radius 2 is 1.05 bits per heavy atom. The third kappa shape index (κ3) is 27.5. The zero-order valence-electron chi connectivity index (χ0n) is 36.7. The Labute approximate surface area is 364 Å². The first kappa shape index (κ1) is 56.7. The van der Waals surface area contributed by atoms with Gasteiger partial charge in [0.1, 0.15) is 43.2 Å². The number of ether oxygens (including phenoxy) is 2. The van der Waals surface area contributed by atoms with E-state index in [4.69, 9.17) is 18.5 Å². The van der Waals surface area contributed by atoms with Crippen LogP contribution in [-0.4, -0.2) is 121 Å². The lowest BCUT2D eigenvalue weighted by atomic mass is 9.85. The van der Waals surface area contributed by atoms with Gasteiger partial charge in [0.15, 0.2) is 6.10 Å². The summed E-state index contributed by atoms with van der Waals surface area (Å²) in [5.74, 6) is -1.40. The van der Waals surface area contributed by atoms with Gasteiger partial charge in [-0.3, -0.25) is 18.6 Å². The van der Waals surface area contributed by atoms with Gasteiger partial charge in [0.25, 0.3) is 0 Å². The minimum Gasteiger partial charge on any atom is -0.462 e. The maximum absolute atomic E-state index is 12.8. The van der Waals surface area contributed by atoms with Crippen molar-refractivity contribution in [3.8, 4) is 0 Å². The molecule has 8 N–H and O–H groups in total. The molecule has 0 bridgehead atoms. The molecule has 1 rings (SSSR count). The smallest absolute Gasteiger partial charge is 0.462 e. The molecule has 354 valence electrons. The van der Waals surface area contributed by atoms with Gasteiger partial charge in [-0.15, -0.1) is 0 Å². The first-order valence-corrected chi connectivity index (χ1v) is 24.1. The molecule has 16 heteroatoms. The van der Waals surface area contributed by atoms with Crippen LogP contribution < -0.4 is 0 Å². The number of unbranched alkanes of at least 4 members (excludes halogenated alkanes) is 12. The molecule has 0 saturated heterocycles. The maximum Gasteiger partial charge on any atom is 0.472 e. The molecule has 0 aromatic rings. The van der Waals surface area contributed by atoms with Gasteiger partial charge in [-0.25, -0.2) is 4.57 Å². The van der Waals surface area contributed by atoms with Crippen LogP contribution in [0, 0.1) is 0 Å². The number of phosphoric ester groups is 1. The van der Waals surface area contributed by atoms with Gasteiger partial charge >= 0.3 is 19.8 Å². The summed E-state index contributed by atoms with van der Waals surface area (Å²) in [6, 6.07) is 0. The molecule has 1 aliphatic rings. The van der Waals surface area contributed by atoms with Crippen molar-refractivity contribution in [1.82, 2.24) is 0 Å². The molecule has 0 heterocycles. The van der Waals surface area contributed by atoms with Crippen LogP contribution in [0.1, 0.15) is 155 Å². The summed E-state index contributed by atoms with van der Waals surface area (Å²) in [5.41, 5.74) is 0. The van der Waals surface area contributed by atoms with E-state index in [1.807, 2.05) is 12.2 Å². The largest absolute Gasteiger partial charge is 0.472 e. The number of esters is 2. The fourth-order valence-electron chi connectivity index (χ4n) is 6.50. The summed E-state index contributed by atoms with van der Waals surface area (Å²) in [5, 5.41) is 70.9. The van der Waals surface area contributed by atoms with Crippen LogP contribution in [0.3, 0.4) is 0 Å². The lowest BCUT2D eigenvalue weighted by Gasteiger charge is -2.41. The Kier molecular flexibility index (Phi) is 32.7. The van der Waals surface area contributed by atoms with E-state index in [9.17, 15) is 54.8 Å². The quantitative estimate of drug-likeness (QED) is 0.0148. The standard InChI is InChI=1S/C45H79O15P/c1-3-5-7-9-11-13-15-17-19-21-23-25-27-31-38(48)57-33-35(34-58-61(55,56)60-45-43(53)41(51)40(50)42(52)44(45)54)59-39(49)32-28-30-37(47)36(46)29-26-24-22-20-18-16-14-12-10-8-6-4-2/h12-15,18,20,24,26,35-37,40-47,50-54H,3-11,16-17,19,21-23,25,27-34H2,1-2H3,(H,55,56)/b14-12-,15-13-,20-18-,26-24-/t35-,36?,37?,40?,41-,42+,43-,44-,45?/m1/s1. The molecule has 0 aliphatic heterocycles. The zero-order chi connectivity index (χ0) is 45.3. The number of aliphatic hydroxyl groups excluding tert-OH is 7. The Morgan fingerprint density at radius 3 is 1.67 bits per heavy atom. The fraction of sp³-hybridized carbons (Fsp3) is 0.778. The van der Waals surface area contributed by atoms with Crippen LogP contribution in [0.2, 0.25) is 0 Å². The number of rotatable bonds is 36. The molecule has 1 saturated carbocycles. The third-order valence-corrected chi connectivity index (χ3v) is 11.3. The fourth-order valence-corrected chi connectivity index (χ4v) is 7.47. The summed E-state index contributed by atoms with van der Waals surface area (Å²) in [4.78, 5) is 35.7. The zero-order valence-corrected chi connectivity index (χ0v) is 37.6. The van der Waals surface area contributed by atoms with Gasteiger partial charge < -0.3 is 50.1 Å². The highest BCUT2D eigenvalue weighted by Gasteiger charge is 2.51. The second kappa shape index (κ2) is 35.1. The Hall–Kier alpha value is -2.27. The van der Waals surface area contributed by atoms with E-state index in [-0.39, 0.29) is 32.1 Å². The van der Waals surface area contributed by atoms with Gasteiger partial charge in [0.2, 0.25) is 0 Å². The normalized spacial score (nSPS) is 23.5. The molecule has 0 aromatic heterocycles. The molecular weight excluding hydrogens is 811 g/mol. The van der Waals surface area contributed by atoms with E-state index in [0.717, 1.165) is 51.4 Å². The van der Waals surface area contributed by atoms with E-state index in [1.165, 1.54) is 44.9 Å². The molecule has 61 heavy (non-hydrogen) atoms. The van der Waals surface area contributed by atoms with Gasteiger partial charge in [-0.1, -0.05) is 114 Å². The number of hydrogen-bond donors (Lipinski definition) is 8. The van der Waals surface area contributed by atoms with Crippen molar-refractivity contribution in [2.75, 3.05) is 13.2 Å². The number of phosphoric acid groups is 1. The second-order valence-corrected chi connectivity index (χ2v) is 17.3. The minimum atomic E-state index is -5.20. The van der Waals surface area contributed by atoms with Crippen molar-refractivity contribution < 1.29 is 73.3 Å². The van der Waals surface area contributed by atoms with Crippen LogP contribution >= 0.6 is 7.82 Å². The van der Waals surface area contributed by atoms with E-state index in [1.54, 1.807) is 6.08 Å². The van der Waals surface area contributed by atoms with Crippen LogP contribution in [-0.2, 0) is 32.7 Å². The highest BCUT2D eigenvalue weighted by molar-refractivity contribution is 7.47. The van der Waals surface area contributed by atoms with E-state index < -0.39 is 87.9 Å². The Balaban J connectivity index is 2.61. The second-order valence-electron chi connectivity index (χ2n) is 15.9. The van der Waals surface area contributed by atoms with Crippen LogP contribution in [0.25, 0.3) is 0 Å². The lowest BCUT2D eigenvalue weighted by Crippen LogP contribution is -2.64. The summed E-state index contributed by atoms with van der Waals surface area (Å²) in [6.45, 7) is 2.98. The summed E-state index contributed by atoms with van der Waals surface area (Å²) >= 11 is 0. The number of allylic oxidation sites excluding steroid dienone is 7.